The minimum Gasteiger partial charge on any atom is -0.493 e. The number of benzene rings is 1. The molecule has 3 rings (SSSR count). The van der Waals surface area contributed by atoms with E-state index in [1.807, 2.05) is 50.4 Å². The molecule has 1 fully saturated rings. The lowest BCUT2D eigenvalue weighted by Gasteiger charge is -2.14. The number of hydrogen-bond donors (Lipinski definition) is 1. The average molecular weight is 298 g/mol. The van der Waals surface area contributed by atoms with Crippen LogP contribution < -0.4 is 15.6 Å². The summed E-state index contributed by atoms with van der Waals surface area (Å²) in [6.07, 6.45) is 2.44. The second kappa shape index (κ2) is 6.36. The van der Waals surface area contributed by atoms with Crippen LogP contribution in [0, 0.1) is 0 Å². The zero-order valence-corrected chi connectivity index (χ0v) is 13.1. The van der Waals surface area contributed by atoms with Crippen molar-refractivity contribution in [2.24, 2.45) is 7.05 Å². The van der Waals surface area contributed by atoms with Gasteiger partial charge in [-0.2, -0.15) is 0 Å². The maximum atomic E-state index is 12.5. The molecule has 22 heavy (non-hydrogen) atoms. The molecule has 4 nitrogen and oxygen atoms in total. The van der Waals surface area contributed by atoms with Gasteiger partial charge in [-0.1, -0.05) is 18.2 Å². The van der Waals surface area contributed by atoms with Gasteiger partial charge in [0.2, 0.25) is 0 Å². The van der Waals surface area contributed by atoms with E-state index in [0.717, 1.165) is 22.6 Å². The molecule has 1 saturated carbocycles. The van der Waals surface area contributed by atoms with E-state index in [1.165, 1.54) is 12.8 Å². The molecule has 1 N–H and O–H groups in total. The monoisotopic (exact) mass is 298 g/mol. The van der Waals surface area contributed by atoms with Gasteiger partial charge in [-0.3, -0.25) is 4.79 Å². The summed E-state index contributed by atoms with van der Waals surface area (Å²) in [6, 6.07) is 12.4. The number of ether oxygens (including phenoxy) is 1. The summed E-state index contributed by atoms with van der Waals surface area (Å²) in [5.74, 6) is 0.809. The molecule has 0 spiro atoms. The van der Waals surface area contributed by atoms with E-state index in [0.29, 0.717) is 19.2 Å². The van der Waals surface area contributed by atoms with Crippen LogP contribution in [-0.4, -0.2) is 17.2 Å². The molecule has 0 atom stereocenters. The van der Waals surface area contributed by atoms with Crippen LogP contribution in [0.4, 0.5) is 0 Å². The Bertz CT molecular complexity index is 717. The summed E-state index contributed by atoms with van der Waals surface area (Å²) in [6.45, 7) is 3.21. The second-order valence-electron chi connectivity index (χ2n) is 5.69. The molecule has 0 aliphatic heterocycles. The molecule has 1 aromatic carbocycles. The molecule has 4 heteroatoms. The normalized spacial score (nSPS) is 14.1. The van der Waals surface area contributed by atoms with Crippen molar-refractivity contribution in [3.63, 3.8) is 0 Å². The fourth-order valence-corrected chi connectivity index (χ4v) is 2.59. The Hall–Kier alpha value is -2.07. The predicted octanol–water partition coefficient (Wildman–Crippen LogP) is 2.70. The average Bonchev–Trinajstić information content (AvgIpc) is 3.34. The van der Waals surface area contributed by atoms with E-state index in [4.69, 9.17) is 4.74 Å². The van der Waals surface area contributed by atoms with Gasteiger partial charge in [-0.05, 0) is 38.0 Å². The molecule has 0 radical (unpaired) electrons. The van der Waals surface area contributed by atoms with Crippen molar-refractivity contribution in [2.45, 2.75) is 32.4 Å². The quantitative estimate of drug-likeness (QED) is 0.891. The third-order valence-electron chi connectivity index (χ3n) is 4.00. The van der Waals surface area contributed by atoms with Crippen molar-refractivity contribution in [1.82, 2.24) is 9.88 Å². The van der Waals surface area contributed by atoms with Crippen molar-refractivity contribution < 1.29 is 4.74 Å². The molecule has 116 valence electrons. The van der Waals surface area contributed by atoms with Crippen molar-refractivity contribution in [1.29, 1.82) is 0 Å². The first kappa shape index (κ1) is 14.9. The van der Waals surface area contributed by atoms with E-state index in [1.54, 1.807) is 4.57 Å². The summed E-state index contributed by atoms with van der Waals surface area (Å²) < 4.78 is 7.39. The van der Waals surface area contributed by atoms with E-state index >= 15 is 0 Å². The van der Waals surface area contributed by atoms with Crippen LogP contribution in [0.2, 0.25) is 0 Å². The van der Waals surface area contributed by atoms with Gasteiger partial charge in [0.05, 0.1) is 12.3 Å². The molecule has 1 aromatic heterocycles. The zero-order chi connectivity index (χ0) is 15.5. The van der Waals surface area contributed by atoms with Crippen LogP contribution in [0.1, 0.15) is 25.3 Å². The number of hydrogen-bond acceptors (Lipinski definition) is 3. The molecule has 1 aliphatic carbocycles. The Balaban J connectivity index is 1.94. The summed E-state index contributed by atoms with van der Waals surface area (Å²) in [5.41, 5.74) is 2.69. The fraction of sp³-hybridized carbons (Fsp3) is 0.389. The number of pyridine rings is 1. The standard InChI is InChI=1S/C18H22N2O2/c1-3-22-17-7-5-4-6-15(17)16-11-8-13(18(21)20(16)2)12-19-14-9-10-14/h4-8,11,14,19H,3,9-10,12H2,1-2H3. The van der Waals surface area contributed by atoms with E-state index < -0.39 is 0 Å². The van der Waals surface area contributed by atoms with Gasteiger partial charge in [0, 0.05) is 30.8 Å². The minimum absolute atomic E-state index is 0.0527. The highest BCUT2D eigenvalue weighted by molar-refractivity contribution is 5.67. The number of rotatable bonds is 6. The minimum atomic E-state index is 0.0527. The lowest BCUT2D eigenvalue weighted by Crippen LogP contribution is -2.27. The fourth-order valence-electron chi connectivity index (χ4n) is 2.59. The molecule has 2 aromatic rings. The zero-order valence-electron chi connectivity index (χ0n) is 13.1. The van der Waals surface area contributed by atoms with Crippen molar-refractivity contribution in [2.75, 3.05) is 6.61 Å². The number of nitrogens with one attached hydrogen (secondary N) is 1. The Kier molecular flexibility index (Phi) is 4.29. The molecule has 0 amide bonds. The van der Waals surface area contributed by atoms with Crippen LogP contribution in [0.25, 0.3) is 11.3 Å². The van der Waals surface area contributed by atoms with Crippen LogP contribution in [0.5, 0.6) is 5.75 Å². The molecule has 0 unspecified atom stereocenters. The lowest BCUT2D eigenvalue weighted by atomic mass is 10.1. The maximum Gasteiger partial charge on any atom is 0.255 e. The summed E-state index contributed by atoms with van der Waals surface area (Å²) in [7, 11) is 1.82. The van der Waals surface area contributed by atoms with Gasteiger partial charge < -0.3 is 14.6 Å². The first-order valence-electron chi connectivity index (χ1n) is 7.85. The topological polar surface area (TPSA) is 43.3 Å². The Morgan fingerprint density at radius 2 is 2.00 bits per heavy atom. The Morgan fingerprint density at radius 1 is 1.23 bits per heavy atom. The van der Waals surface area contributed by atoms with E-state index in [2.05, 4.69) is 5.32 Å². The Morgan fingerprint density at radius 3 is 2.73 bits per heavy atom. The van der Waals surface area contributed by atoms with Gasteiger partial charge >= 0.3 is 0 Å². The van der Waals surface area contributed by atoms with Crippen LogP contribution >= 0.6 is 0 Å². The van der Waals surface area contributed by atoms with Gasteiger partial charge in [0.1, 0.15) is 5.75 Å². The lowest BCUT2D eigenvalue weighted by molar-refractivity contribution is 0.341. The van der Waals surface area contributed by atoms with Gasteiger partial charge in [-0.15, -0.1) is 0 Å². The SMILES string of the molecule is CCOc1ccccc1-c1ccc(CNC2CC2)c(=O)n1C. The molecular formula is C18H22N2O2. The smallest absolute Gasteiger partial charge is 0.255 e. The highest BCUT2D eigenvalue weighted by Gasteiger charge is 2.20. The first-order valence-corrected chi connectivity index (χ1v) is 7.85. The molecule has 0 saturated heterocycles. The van der Waals surface area contributed by atoms with Crippen LogP contribution in [-0.2, 0) is 13.6 Å². The highest BCUT2D eigenvalue weighted by atomic mass is 16.5. The molecule has 1 heterocycles. The number of nitrogens with zero attached hydrogens (tertiary/aromatic N) is 1. The van der Waals surface area contributed by atoms with E-state index in [9.17, 15) is 4.79 Å². The summed E-state index contributed by atoms with van der Waals surface area (Å²) in [4.78, 5) is 12.5. The van der Waals surface area contributed by atoms with Gasteiger partial charge in [0.25, 0.3) is 5.56 Å². The second-order valence-corrected chi connectivity index (χ2v) is 5.69. The van der Waals surface area contributed by atoms with Gasteiger partial charge in [-0.25, -0.2) is 0 Å². The van der Waals surface area contributed by atoms with Crippen molar-refractivity contribution >= 4 is 0 Å². The predicted molar refractivity (Wildman–Crippen MR) is 88.1 cm³/mol. The van der Waals surface area contributed by atoms with Crippen LogP contribution in [0.15, 0.2) is 41.2 Å². The number of para-hydroxylation sites is 1. The molecular weight excluding hydrogens is 276 g/mol. The highest BCUT2D eigenvalue weighted by Crippen LogP contribution is 2.29. The van der Waals surface area contributed by atoms with Crippen LogP contribution in [0.3, 0.4) is 0 Å². The first-order chi connectivity index (χ1) is 10.7. The van der Waals surface area contributed by atoms with Gasteiger partial charge in [0.15, 0.2) is 0 Å². The van der Waals surface area contributed by atoms with Crippen molar-refractivity contribution in [3.05, 3.63) is 52.3 Å². The Labute approximate surface area is 130 Å². The molecule has 0 bridgehead atoms. The molecule has 1 aliphatic rings. The van der Waals surface area contributed by atoms with Crippen molar-refractivity contribution in [3.8, 4) is 17.0 Å². The third kappa shape index (κ3) is 3.07. The largest absolute Gasteiger partial charge is 0.493 e. The van der Waals surface area contributed by atoms with E-state index in [-0.39, 0.29) is 5.56 Å². The summed E-state index contributed by atoms with van der Waals surface area (Å²) >= 11 is 0. The maximum absolute atomic E-state index is 12.5. The summed E-state index contributed by atoms with van der Waals surface area (Å²) in [5, 5.41) is 3.39. The third-order valence-corrected chi connectivity index (χ3v) is 4.00. The number of aromatic nitrogens is 1.